The second-order valence-electron chi connectivity index (χ2n) is 5.99. The normalized spacial score (nSPS) is 17.0. The van der Waals surface area contributed by atoms with E-state index in [2.05, 4.69) is 16.8 Å². The Hall–Kier alpha value is -1.86. The Kier molecular flexibility index (Phi) is 4.21. The average molecular weight is 284 g/mol. The highest BCUT2D eigenvalue weighted by atomic mass is 16.2. The molecule has 2 aliphatic carbocycles. The molecule has 1 amide bonds. The number of pyridine rings is 1. The summed E-state index contributed by atoms with van der Waals surface area (Å²) in [6, 6.07) is 3.52. The fraction of sp³-hybridized carbons (Fsp3) is 0.529. The molecule has 0 aromatic carbocycles. The molecule has 1 N–H and O–H groups in total. The molecule has 0 aliphatic heterocycles. The van der Waals surface area contributed by atoms with Gasteiger partial charge in [-0.2, -0.15) is 0 Å². The Bertz CT molecular complexity index is 549. The van der Waals surface area contributed by atoms with Gasteiger partial charge < -0.3 is 10.0 Å². The minimum atomic E-state index is -0.169. The predicted octanol–water partition coefficient (Wildman–Crippen LogP) is 1.69. The largest absolute Gasteiger partial charge is 0.384 e. The van der Waals surface area contributed by atoms with Crippen molar-refractivity contribution in [1.29, 1.82) is 0 Å². The lowest BCUT2D eigenvalue weighted by molar-refractivity contribution is 0.0733. The summed E-state index contributed by atoms with van der Waals surface area (Å²) in [5.74, 6) is 6.79. The molecule has 110 valence electrons. The van der Waals surface area contributed by atoms with Gasteiger partial charge in [0.05, 0.1) is 0 Å². The van der Waals surface area contributed by atoms with Crippen LogP contribution >= 0.6 is 0 Å². The van der Waals surface area contributed by atoms with Crippen LogP contribution in [0.15, 0.2) is 18.3 Å². The van der Waals surface area contributed by atoms with E-state index in [1.807, 2.05) is 4.90 Å². The van der Waals surface area contributed by atoms with Gasteiger partial charge in [0, 0.05) is 24.8 Å². The van der Waals surface area contributed by atoms with Crippen LogP contribution in [0, 0.1) is 23.7 Å². The van der Waals surface area contributed by atoms with Crippen molar-refractivity contribution in [3.63, 3.8) is 0 Å². The molecule has 1 aromatic rings. The fourth-order valence-corrected chi connectivity index (χ4v) is 2.36. The molecule has 1 heterocycles. The molecular formula is C17H20N2O2. The number of rotatable bonds is 5. The first-order valence-electron chi connectivity index (χ1n) is 7.61. The smallest absolute Gasteiger partial charge is 0.272 e. The maximum absolute atomic E-state index is 12.6. The van der Waals surface area contributed by atoms with Crippen LogP contribution in [0.25, 0.3) is 0 Å². The number of hydrogen-bond acceptors (Lipinski definition) is 3. The van der Waals surface area contributed by atoms with E-state index in [4.69, 9.17) is 5.11 Å². The molecule has 0 atom stereocenters. The number of nitrogens with zero attached hydrogens (tertiary/aromatic N) is 2. The molecular weight excluding hydrogens is 264 g/mol. The fourth-order valence-electron chi connectivity index (χ4n) is 2.36. The van der Waals surface area contributed by atoms with Gasteiger partial charge >= 0.3 is 0 Å². The van der Waals surface area contributed by atoms with Crippen LogP contribution in [0.5, 0.6) is 0 Å². The van der Waals surface area contributed by atoms with E-state index >= 15 is 0 Å². The topological polar surface area (TPSA) is 53.4 Å². The Morgan fingerprint density at radius 1 is 1.24 bits per heavy atom. The van der Waals surface area contributed by atoms with Crippen molar-refractivity contribution >= 4 is 5.91 Å². The molecule has 0 spiro atoms. The number of amides is 1. The van der Waals surface area contributed by atoms with Gasteiger partial charge in [-0.15, -0.1) is 0 Å². The first-order valence-corrected chi connectivity index (χ1v) is 7.61. The van der Waals surface area contributed by atoms with Crippen molar-refractivity contribution in [2.45, 2.75) is 25.7 Å². The van der Waals surface area contributed by atoms with Gasteiger partial charge in [0.1, 0.15) is 12.3 Å². The van der Waals surface area contributed by atoms with Gasteiger partial charge in [-0.1, -0.05) is 11.8 Å². The predicted molar refractivity (Wildman–Crippen MR) is 79.6 cm³/mol. The second-order valence-corrected chi connectivity index (χ2v) is 5.99. The molecule has 0 radical (unpaired) electrons. The zero-order chi connectivity index (χ0) is 14.7. The lowest BCUT2D eigenvalue weighted by Gasteiger charge is -2.22. The van der Waals surface area contributed by atoms with Crippen molar-refractivity contribution in [2.75, 3.05) is 19.7 Å². The van der Waals surface area contributed by atoms with Crippen molar-refractivity contribution in [2.24, 2.45) is 11.8 Å². The summed E-state index contributed by atoms with van der Waals surface area (Å²) in [4.78, 5) is 18.8. The third kappa shape index (κ3) is 4.05. The Labute approximate surface area is 125 Å². The van der Waals surface area contributed by atoms with Gasteiger partial charge in [0.15, 0.2) is 0 Å². The Morgan fingerprint density at radius 2 is 1.90 bits per heavy atom. The summed E-state index contributed by atoms with van der Waals surface area (Å²) >= 11 is 0. The summed E-state index contributed by atoms with van der Waals surface area (Å²) in [5.41, 5.74) is 1.21. The van der Waals surface area contributed by atoms with Crippen LogP contribution < -0.4 is 0 Å². The highest BCUT2D eigenvalue weighted by Gasteiger charge is 2.32. The molecule has 0 unspecified atom stereocenters. The molecule has 3 rings (SSSR count). The Morgan fingerprint density at radius 3 is 2.38 bits per heavy atom. The van der Waals surface area contributed by atoms with E-state index in [1.165, 1.54) is 25.7 Å². The average Bonchev–Trinajstić information content (AvgIpc) is 3.40. The van der Waals surface area contributed by atoms with E-state index < -0.39 is 0 Å². The highest BCUT2D eigenvalue weighted by molar-refractivity contribution is 5.92. The third-order valence-corrected chi connectivity index (χ3v) is 3.93. The molecule has 2 saturated carbocycles. The van der Waals surface area contributed by atoms with Gasteiger partial charge in [0.2, 0.25) is 0 Å². The van der Waals surface area contributed by atoms with Gasteiger partial charge in [-0.05, 0) is 49.7 Å². The van der Waals surface area contributed by atoms with Crippen molar-refractivity contribution in [3.05, 3.63) is 29.6 Å². The second kappa shape index (κ2) is 6.28. The minimum absolute atomic E-state index is 0.0375. The molecule has 21 heavy (non-hydrogen) atoms. The van der Waals surface area contributed by atoms with E-state index in [9.17, 15) is 4.79 Å². The number of aliphatic hydroxyl groups is 1. The van der Waals surface area contributed by atoms with Crippen molar-refractivity contribution in [1.82, 2.24) is 9.88 Å². The van der Waals surface area contributed by atoms with Crippen LogP contribution in [0.2, 0.25) is 0 Å². The van der Waals surface area contributed by atoms with Crippen LogP contribution in [0.1, 0.15) is 41.7 Å². The summed E-state index contributed by atoms with van der Waals surface area (Å²) in [5, 5.41) is 8.67. The first kappa shape index (κ1) is 14.1. The zero-order valence-electron chi connectivity index (χ0n) is 12.1. The summed E-state index contributed by atoms with van der Waals surface area (Å²) in [6.45, 7) is 1.59. The van der Waals surface area contributed by atoms with E-state index in [0.717, 1.165) is 18.7 Å². The monoisotopic (exact) mass is 284 g/mol. The van der Waals surface area contributed by atoms with Gasteiger partial charge in [0.25, 0.3) is 5.91 Å². The van der Waals surface area contributed by atoms with Crippen LogP contribution in [0.4, 0.5) is 0 Å². The first-order chi connectivity index (χ1) is 10.3. The molecule has 4 heteroatoms. The number of aromatic nitrogens is 1. The number of hydrogen-bond donors (Lipinski definition) is 1. The van der Waals surface area contributed by atoms with Crippen LogP contribution in [0.3, 0.4) is 0 Å². The van der Waals surface area contributed by atoms with Gasteiger partial charge in [-0.25, -0.2) is 4.98 Å². The SMILES string of the molecule is O=C(c1ccc(C#CCO)cn1)N(CC1CC1)CC1CC1. The number of carbonyl (C=O) groups excluding carboxylic acids is 1. The molecule has 0 bridgehead atoms. The highest BCUT2D eigenvalue weighted by Crippen LogP contribution is 2.34. The van der Waals surface area contributed by atoms with Crippen LogP contribution in [-0.4, -0.2) is 40.6 Å². The molecule has 2 aliphatic rings. The summed E-state index contributed by atoms with van der Waals surface area (Å²) < 4.78 is 0. The molecule has 1 aromatic heterocycles. The lowest BCUT2D eigenvalue weighted by atomic mass is 10.2. The number of carbonyl (C=O) groups is 1. The van der Waals surface area contributed by atoms with E-state index in [1.54, 1.807) is 18.3 Å². The third-order valence-electron chi connectivity index (χ3n) is 3.93. The number of aliphatic hydroxyl groups excluding tert-OH is 1. The molecule has 0 saturated heterocycles. The van der Waals surface area contributed by atoms with E-state index in [0.29, 0.717) is 17.5 Å². The van der Waals surface area contributed by atoms with Crippen molar-refractivity contribution in [3.8, 4) is 11.8 Å². The maximum Gasteiger partial charge on any atom is 0.272 e. The summed E-state index contributed by atoms with van der Waals surface area (Å²) in [7, 11) is 0. The summed E-state index contributed by atoms with van der Waals surface area (Å²) in [6.07, 6.45) is 6.59. The lowest BCUT2D eigenvalue weighted by Crippen LogP contribution is -2.35. The van der Waals surface area contributed by atoms with Gasteiger partial charge in [-0.3, -0.25) is 4.79 Å². The minimum Gasteiger partial charge on any atom is -0.384 e. The zero-order valence-corrected chi connectivity index (χ0v) is 12.1. The molecule has 2 fully saturated rings. The maximum atomic E-state index is 12.6. The molecule has 4 nitrogen and oxygen atoms in total. The van der Waals surface area contributed by atoms with Crippen LogP contribution in [-0.2, 0) is 0 Å². The van der Waals surface area contributed by atoms with E-state index in [-0.39, 0.29) is 12.5 Å². The standard InChI is InChI=1S/C17H20N2O2/c20-9-1-2-13-7-8-16(18-10-13)17(21)19(11-14-3-4-14)12-15-5-6-15/h7-8,10,14-15,20H,3-6,9,11-12H2. The van der Waals surface area contributed by atoms with Crippen molar-refractivity contribution < 1.29 is 9.90 Å². The quantitative estimate of drug-likeness (QED) is 0.837. The Balaban J connectivity index is 1.68.